The summed E-state index contributed by atoms with van der Waals surface area (Å²) in [7, 11) is 0. The molecule has 0 fully saturated rings. The molecule has 0 unspecified atom stereocenters. The van der Waals surface area contributed by atoms with E-state index in [2.05, 4.69) is 11.1 Å². The Balaban J connectivity index is 2.03. The summed E-state index contributed by atoms with van der Waals surface area (Å²) in [6, 6.07) is 17.6. The van der Waals surface area contributed by atoms with Crippen molar-refractivity contribution in [3.63, 3.8) is 0 Å². The van der Waals surface area contributed by atoms with Gasteiger partial charge in [-0.2, -0.15) is 5.26 Å². The number of nitriles is 1. The van der Waals surface area contributed by atoms with Crippen LogP contribution in [-0.4, -0.2) is 27.2 Å². The lowest BCUT2D eigenvalue weighted by Gasteiger charge is -2.17. The van der Waals surface area contributed by atoms with Crippen LogP contribution in [0.2, 0.25) is 0 Å². The SMILES string of the molecule is CCCc1nc(C(C)(C)O)c(C(=O)OCC)n1Cc1ccc(-c2ccccc2C#N)cc1. The van der Waals surface area contributed by atoms with Crippen molar-refractivity contribution in [3.8, 4) is 17.2 Å². The molecule has 3 aromatic rings. The number of carbonyl (C=O) groups is 1. The minimum atomic E-state index is -1.28. The van der Waals surface area contributed by atoms with Gasteiger partial charge in [-0.1, -0.05) is 49.4 Å². The van der Waals surface area contributed by atoms with Crippen LogP contribution in [0.5, 0.6) is 0 Å². The van der Waals surface area contributed by atoms with Crippen molar-refractivity contribution in [2.45, 2.75) is 52.7 Å². The third kappa shape index (κ3) is 4.90. The molecule has 0 spiro atoms. The van der Waals surface area contributed by atoms with E-state index in [1.807, 2.05) is 54.0 Å². The van der Waals surface area contributed by atoms with Crippen molar-refractivity contribution < 1.29 is 14.6 Å². The standard InChI is InChI=1S/C26H29N3O3/c1-5-9-22-28-24(26(3,4)31)23(25(30)32-6-2)29(22)17-18-12-14-19(15-13-18)21-11-8-7-10-20(21)16-27/h7-8,10-15,31H,5-6,9,17H2,1-4H3. The van der Waals surface area contributed by atoms with Crippen molar-refractivity contribution >= 4 is 5.97 Å². The van der Waals surface area contributed by atoms with Crippen molar-refractivity contribution in [3.05, 3.63) is 76.9 Å². The first-order valence-electron chi connectivity index (χ1n) is 10.9. The fourth-order valence-electron chi connectivity index (χ4n) is 3.72. The van der Waals surface area contributed by atoms with E-state index >= 15 is 0 Å². The van der Waals surface area contributed by atoms with Crippen LogP contribution in [0, 0.1) is 11.3 Å². The van der Waals surface area contributed by atoms with Crippen LogP contribution >= 0.6 is 0 Å². The molecular weight excluding hydrogens is 402 g/mol. The van der Waals surface area contributed by atoms with Gasteiger partial charge in [-0.3, -0.25) is 0 Å². The molecule has 0 aliphatic rings. The molecule has 0 amide bonds. The number of hydrogen-bond acceptors (Lipinski definition) is 5. The topological polar surface area (TPSA) is 88.1 Å². The number of hydrogen-bond donors (Lipinski definition) is 1. The number of nitrogens with zero attached hydrogens (tertiary/aromatic N) is 3. The summed E-state index contributed by atoms with van der Waals surface area (Å²) in [5.41, 5.74) is 2.78. The Morgan fingerprint density at radius 1 is 1.16 bits per heavy atom. The van der Waals surface area contributed by atoms with Crippen LogP contribution in [0.1, 0.15) is 67.2 Å². The zero-order chi connectivity index (χ0) is 23.3. The van der Waals surface area contributed by atoms with Gasteiger partial charge in [0.05, 0.1) is 18.2 Å². The van der Waals surface area contributed by atoms with Gasteiger partial charge in [0, 0.05) is 13.0 Å². The highest BCUT2D eigenvalue weighted by Crippen LogP contribution is 2.28. The van der Waals surface area contributed by atoms with Crippen LogP contribution in [0.25, 0.3) is 11.1 Å². The largest absolute Gasteiger partial charge is 0.461 e. The van der Waals surface area contributed by atoms with E-state index < -0.39 is 11.6 Å². The molecule has 6 heteroatoms. The second kappa shape index (κ2) is 9.80. The molecule has 32 heavy (non-hydrogen) atoms. The fraction of sp³-hybridized carbons (Fsp3) is 0.346. The Morgan fingerprint density at radius 3 is 2.44 bits per heavy atom. The predicted molar refractivity (Wildman–Crippen MR) is 123 cm³/mol. The van der Waals surface area contributed by atoms with Crippen LogP contribution in [0.15, 0.2) is 48.5 Å². The quantitative estimate of drug-likeness (QED) is 0.516. The Bertz CT molecular complexity index is 1130. The smallest absolute Gasteiger partial charge is 0.357 e. The maximum atomic E-state index is 12.8. The van der Waals surface area contributed by atoms with E-state index in [-0.39, 0.29) is 6.61 Å². The summed E-state index contributed by atoms with van der Waals surface area (Å²) in [4.78, 5) is 17.5. The number of aliphatic hydroxyl groups is 1. The van der Waals surface area contributed by atoms with E-state index in [9.17, 15) is 15.2 Å². The summed E-state index contributed by atoms with van der Waals surface area (Å²) >= 11 is 0. The molecule has 1 N–H and O–H groups in total. The summed E-state index contributed by atoms with van der Waals surface area (Å²) in [6.45, 7) is 7.72. The van der Waals surface area contributed by atoms with Crippen molar-refractivity contribution in [2.24, 2.45) is 0 Å². The Morgan fingerprint density at radius 2 is 1.84 bits per heavy atom. The van der Waals surface area contributed by atoms with Gasteiger partial charge >= 0.3 is 5.97 Å². The molecule has 0 atom stereocenters. The molecule has 0 bridgehead atoms. The molecule has 3 rings (SSSR count). The van der Waals surface area contributed by atoms with Crippen LogP contribution < -0.4 is 0 Å². The number of rotatable bonds is 8. The number of aryl methyl sites for hydroxylation is 1. The maximum Gasteiger partial charge on any atom is 0.357 e. The Hall–Kier alpha value is -3.43. The average Bonchev–Trinajstić information content (AvgIpc) is 3.13. The number of imidazole rings is 1. The normalized spacial score (nSPS) is 11.2. The molecule has 0 radical (unpaired) electrons. The molecule has 6 nitrogen and oxygen atoms in total. The molecule has 1 aromatic heterocycles. The lowest BCUT2D eigenvalue weighted by Crippen LogP contribution is -2.23. The summed E-state index contributed by atoms with van der Waals surface area (Å²) in [6.07, 6.45) is 1.53. The number of ether oxygens (including phenoxy) is 1. The molecule has 0 aliphatic heterocycles. The second-order valence-corrected chi connectivity index (χ2v) is 8.20. The molecule has 166 valence electrons. The second-order valence-electron chi connectivity index (χ2n) is 8.20. The Labute approximate surface area is 189 Å². The van der Waals surface area contributed by atoms with Gasteiger partial charge < -0.3 is 14.4 Å². The van der Waals surface area contributed by atoms with Crippen LogP contribution in [0.4, 0.5) is 0 Å². The summed E-state index contributed by atoms with van der Waals surface area (Å²) in [5, 5.41) is 20.0. The van der Waals surface area contributed by atoms with Gasteiger partial charge in [-0.15, -0.1) is 0 Å². The maximum absolute atomic E-state index is 12.8. The summed E-state index contributed by atoms with van der Waals surface area (Å²) < 4.78 is 7.15. The first-order valence-corrected chi connectivity index (χ1v) is 10.9. The van der Waals surface area contributed by atoms with E-state index in [1.54, 1.807) is 26.8 Å². The number of aromatic nitrogens is 2. The van der Waals surface area contributed by atoms with E-state index in [0.29, 0.717) is 29.9 Å². The van der Waals surface area contributed by atoms with Crippen LogP contribution in [-0.2, 0) is 23.3 Å². The number of carbonyl (C=O) groups excluding carboxylic acids is 1. The van der Waals surface area contributed by atoms with Gasteiger partial charge in [0.2, 0.25) is 0 Å². The molecule has 1 heterocycles. The fourth-order valence-corrected chi connectivity index (χ4v) is 3.72. The first kappa shape index (κ1) is 23.2. The lowest BCUT2D eigenvalue weighted by atomic mass is 9.99. The van der Waals surface area contributed by atoms with Crippen molar-refractivity contribution in [1.82, 2.24) is 9.55 Å². The molecule has 2 aromatic carbocycles. The third-order valence-electron chi connectivity index (χ3n) is 5.22. The van der Waals surface area contributed by atoms with Crippen molar-refractivity contribution in [1.29, 1.82) is 5.26 Å². The number of benzene rings is 2. The van der Waals surface area contributed by atoms with E-state index in [4.69, 9.17) is 4.74 Å². The highest BCUT2D eigenvalue weighted by molar-refractivity contribution is 5.89. The minimum Gasteiger partial charge on any atom is -0.461 e. The molecular formula is C26H29N3O3. The lowest BCUT2D eigenvalue weighted by molar-refractivity contribution is 0.0469. The zero-order valence-electron chi connectivity index (χ0n) is 19.1. The van der Waals surface area contributed by atoms with Gasteiger partial charge in [0.25, 0.3) is 0 Å². The van der Waals surface area contributed by atoms with Gasteiger partial charge in [0.15, 0.2) is 5.69 Å². The first-order chi connectivity index (χ1) is 15.3. The average molecular weight is 432 g/mol. The molecule has 0 saturated heterocycles. The predicted octanol–water partition coefficient (Wildman–Crippen LogP) is 4.83. The van der Waals surface area contributed by atoms with Crippen molar-refractivity contribution in [2.75, 3.05) is 6.61 Å². The summed E-state index contributed by atoms with van der Waals surface area (Å²) in [5.74, 6) is 0.255. The van der Waals surface area contributed by atoms with Gasteiger partial charge in [0.1, 0.15) is 17.1 Å². The number of esters is 1. The van der Waals surface area contributed by atoms with Gasteiger partial charge in [-0.05, 0) is 49.9 Å². The zero-order valence-corrected chi connectivity index (χ0v) is 19.1. The minimum absolute atomic E-state index is 0.241. The highest BCUT2D eigenvalue weighted by Gasteiger charge is 2.32. The van der Waals surface area contributed by atoms with Gasteiger partial charge in [-0.25, -0.2) is 9.78 Å². The van der Waals surface area contributed by atoms with Crippen LogP contribution in [0.3, 0.4) is 0 Å². The monoisotopic (exact) mass is 431 g/mol. The third-order valence-corrected chi connectivity index (χ3v) is 5.22. The van der Waals surface area contributed by atoms with E-state index in [1.165, 1.54) is 0 Å². The molecule has 0 saturated carbocycles. The Kier molecular flexibility index (Phi) is 7.12. The highest BCUT2D eigenvalue weighted by atomic mass is 16.5. The van der Waals surface area contributed by atoms with E-state index in [0.717, 1.165) is 28.9 Å². The molecule has 0 aliphatic carbocycles.